The summed E-state index contributed by atoms with van der Waals surface area (Å²) in [6.07, 6.45) is 0.494. The summed E-state index contributed by atoms with van der Waals surface area (Å²) >= 11 is 1.50. The number of fused-ring (bicyclic) bond motifs is 2. The summed E-state index contributed by atoms with van der Waals surface area (Å²) < 4.78 is 19.5. The maximum absolute atomic E-state index is 13.2. The standard InChI is InChI=1S/C16H10FNO2S/c17-10-6-5-9-7-11(16(19)20-13(9)8-10)15-18-12-3-1-2-4-14(12)21-15/h1-6,8,11H,7H2. The van der Waals surface area contributed by atoms with Crippen molar-refractivity contribution in [3.05, 3.63) is 58.9 Å². The molecule has 2 heterocycles. The lowest BCUT2D eigenvalue weighted by molar-refractivity contribution is -0.137. The van der Waals surface area contributed by atoms with Gasteiger partial charge in [0.25, 0.3) is 0 Å². The predicted molar refractivity (Wildman–Crippen MR) is 78.1 cm³/mol. The van der Waals surface area contributed by atoms with Crippen LogP contribution < -0.4 is 4.74 Å². The molecule has 104 valence electrons. The molecule has 0 radical (unpaired) electrons. The second-order valence-corrected chi connectivity index (χ2v) is 6.01. The molecule has 1 aromatic heterocycles. The zero-order valence-electron chi connectivity index (χ0n) is 10.9. The Balaban J connectivity index is 1.75. The van der Waals surface area contributed by atoms with Crippen molar-refractivity contribution in [3.63, 3.8) is 0 Å². The number of para-hydroxylation sites is 1. The molecule has 0 fully saturated rings. The number of ether oxygens (including phenoxy) is 1. The minimum Gasteiger partial charge on any atom is -0.426 e. The number of carbonyl (C=O) groups excluding carboxylic acids is 1. The average molecular weight is 299 g/mol. The molecular weight excluding hydrogens is 289 g/mol. The Morgan fingerprint density at radius 1 is 1.24 bits per heavy atom. The van der Waals surface area contributed by atoms with Crippen LogP contribution in [0.25, 0.3) is 10.2 Å². The van der Waals surface area contributed by atoms with Gasteiger partial charge >= 0.3 is 5.97 Å². The van der Waals surface area contributed by atoms with Crippen LogP contribution in [0, 0.1) is 5.82 Å². The fraction of sp³-hybridized carbons (Fsp3) is 0.125. The Morgan fingerprint density at radius 3 is 2.95 bits per heavy atom. The molecule has 0 spiro atoms. The van der Waals surface area contributed by atoms with E-state index in [-0.39, 0.29) is 5.97 Å². The van der Waals surface area contributed by atoms with Crippen molar-refractivity contribution in [2.75, 3.05) is 0 Å². The van der Waals surface area contributed by atoms with Gasteiger partial charge in [-0.3, -0.25) is 4.79 Å². The van der Waals surface area contributed by atoms with Crippen molar-refractivity contribution in [2.24, 2.45) is 0 Å². The van der Waals surface area contributed by atoms with E-state index in [4.69, 9.17) is 4.74 Å². The monoisotopic (exact) mass is 299 g/mol. The fourth-order valence-electron chi connectivity index (χ4n) is 2.50. The molecule has 0 N–H and O–H groups in total. The molecule has 0 amide bonds. The number of carbonyl (C=O) groups is 1. The third-order valence-electron chi connectivity index (χ3n) is 3.56. The summed E-state index contributed by atoms with van der Waals surface area (Å²) in [5.41, 5.74) is 1.72. The Morgan fingerprint density at radius 2 is 2.10 bits per heavy atom. The maximum atomic E-state index is 13.2. The van der Waals surface area contributed by atoms with Gasteiger partial charge in [-0.1, -0.05) is 18.2 Å². The largest absolute Gasteiger partial charge is 0.426 e. The summed E-state index contributed by atoms with van der Waals surface area (Å²) in [6, 6.07) is 12.1. The zero-order valence-corrected chi connectivity index (χ0v) is 11.7. The van der Waals surface area contributed by atoms with E-state index in [0.29, 0.717) is 12.2 Å². The van der Waals surface area contributed by atoms with Gasteiger partial charge in [-0.05, 0) is 30.2 Å². The molecular formula is C16H10FNO2S. The summed E-state index contributed by atoms with van der Waals surface area (Å²) in [6.45, 7) is 0. The molecule has 1 atom stereocenters. The predicted octanol–water partition coefficient (Wildman–Crippen LogP) is 3.68. The van der Waals surface area contributed by atoms with E-state index in [2.05, 4.69) is 4.98 Å². The van der Waals surface area contributed by atoms with Gasteiger partial charge in [-0.15, -0.1) is 11.3 Å². The highest BCUT2D eigenvalue weighted by atomic mass is 32.1. The molecule has 1 unspecified atom stereocenters. The van der Waals surface area contributed by atoms with Crippen molar-refractivity contribution < 1.29 is 13.9 Å². The average Bonchev–Trinajstić information content (AvgIpc) is 2.90. The number of aromatic nitrogens is 1. The number of thiazole rings is 1. The first kappa shape index (κ1) is 12.5. The van der Waals surface area contributed by atoms with Gasteiger partial charge in [0.2, 0.25) is 0 Å². The lowest BCUT2D eigenvalue weighted by Crippen LogP contribution is -2.25. The van der Waals surface area contributed by atoms with Crippen molar-refractivity contribution >= 4 is 27.5 Å². The lowest BCUT2D eigenvalue weighted by atomic mass is 9.96. The van der Waals surface area contributed by atoms with E-state index in [9.17, 15) is 9.18 Å². The number of halogens is 1. The van der Waals surface area contributed by atoms with Gasteiger partial charge in [0.1, 0.15) is 22.5 Å². The Labute approximate surface area is 124 Å². The van der Waals surface area contributed by atoms with Crippen molar-refractivity contribution in [1.82, 2.24) is 4.98 Å². The number of hydrogen-bond donors (Lipinski definition) is 0. The first-order chi connectivity index (χ1) is 10.2. The van der Waals surface area contributed by atoms with Crippen LogP contribution in [0.4, 0.5) is 4.39 Å². The van der Waals surface area contributed by atoms with Crippen LogP contribution in [-0.4, -0.2) is 11.0 Å². The van der Waals surface area contributed by atoms with Gasteiger partial charge in [-0.2, -0.15) is 0 Å². The Hall–Kier alpha value is -2.27. The normalized spacial score (nSPS) is 17.6. The van der Waals surface area contributed by atoms with Crippen LogP contribution in [0.2, 0.25) is 0 Å². The molecule has 21 heavy (non-hydrogen) atoms. The molecule has 4 rings (SSSR count). The number of hydrogen-bond acceptors (Lipinski definition) is 4. The minimum absolute atomic E-state index is 0.317. The summed E-state index contributed by atoms with van der Waals surface area (Å²) in [7, 11) is 0. The topological polar surface area (TPSA) is 39.2 Å². The van der Waals surface area contributed by atoms with E-state index >= 15 is 0 Å². The van der Waals surface area contributed by atoms with E-state index in [1.54, 1.807) is 6.07 Å². The van der Waals surface area contributed by atoms with Gasteiger partial charge in [0.15, 0.2) is 0 Å². The molecule has 0 saturated heterocycles. The number of esters is 1. The van der Waals surface area contributed by atoms with Crippen molar-refractivity contribution in [1.29, 1.82) is 0 Å². The molecule has 2 aromatic carbocycles. The highest BCUT2D eigenvalue weighted by molar-refractivity contribution is 7.18. The third kappa shape index (κ3) is 2.10. The minimum atomic E-state index is -0.416. The fourth-order valence-corrected chi connectivity index (χ4v) is 3.56. The first-order valence-corrected chi connectivity index (χ1v) is 7.38. The van der Waals surface area contributed by atoms with Crippen molar-refractivity contribution in [3.8, 4) is 5.75 Å². The molecule has 0 bridgehead atoms. The van der Waals surface area contributed by atoms with Gasteiger partial charge in [0.05, 0.1) is 10.2 Å². The molecule has 3 aromatic rings. The molecule has 1 aliphatic rings. The molecule has 0 aliphatic carbocycles. The Kier molecular flexibility index (Phi) is 2.75. The van der Waals surface area contributed by atoms with E-state index < -0.39 is 11.7 Å². The molecule has 1 aliphatic heterocycles. The van der Waals surface area contributed by atoms with Crippen LogP contribution in [0.3, 0.4) is 0 Å². The number of benzene rings is 2. The maximum Gasteiger partial charge on any atom is 0.321 e. The third-order valence-corrected chi connectivity index (χ3v) is 4.71. The van der Waals surface area contributed by atoms with Crippen LogP contribution in [0.5, 0.6) is 5.75 Å². The van der Waals surface area contributed by atoms with Crippen LogP contribution in [0.1, 0.15) is 16.5 Å². The highest BCUT2D eigenvalue weighted by Crippen LogP contribution is 2.36. The smallest absolute Gasteiger partial charge is 0.321 e. The van der Waals surface area contributed by atoms with Crippen LogP contribution in [-0.2, 0) is 11.2 Å². The van der Waals surface area contributed by atoms with E-state index in [1.165, 1.54) is 23.5 Å². The zero-order chi connectivity index (χ0) is 14.4. The first-order valence-electron chi connectivity index (χ1n) is 6.56. The second-order valence-electron chi connectivity index (χ2n) is 4.95. The highest BCUT2D eigenvalue weighted by Gasteiger charge is 2.32. The second kappa shape index (κ2) is 4.63. The number of nitrogens with zero attached hydrogens (tertiary/aromatic N) is 1. The SMILES string of the molecule is O=C1Oc2cc(F)ccc2CC1c1nc2ccccc2s1. The van der Waals surface area contributed by atoms with Gasteiger partial charge in [-0.25, -0.2) is 9.37 Å². The summed E-state index contributed by atoms with van der Waals surface area (Å²) in [5, 5.41) is 0.746. The lowest BCUT2D eigenvalue weighted by Gasteiger charge is -2.21. The van der Waals surface area contributed by atoms with Crippen molar-refractivity contribution in [2.45, 2.75) is 12.3 Å². The number of rotatable bonds is 1. The Bertz CT molecular complexity index is 825. The van der Waals surface area contributed by atoms with E-state index in [0.717, 1.165) is 20.8 Å². The molecule has 0 saturated carbocycles. The van der Waals surface area contributed by atoms with Gasteiger partial charge < -0.3 is 4.74 Å². The van der Waals surface area contributed by atoms with Gasteiger partial charge in [0, 0.05) is 6.07 Å². The summed E-state index contributed by atoms with van der Waals surface area (Å²) in [5.74, 6) is -0.870. The molecule has 3 nitrogen and oxygen atoms in total. The quantitative estimate of drug-likeness (QED) is 0.508. The van der Waals surface area contributed by atoms with Crippen LogP contribution >= 0.6 is 11.3 Å². The summed E-state index contributed by atoms with van der Waals surface area (Å²) in [4.78, 5) is 16.7. The van der Waals surface area contributed by atoms with E-state index in [1.807, 2.05) is 24.3 Å². The molecule has 5 heteroatoms. The van der Waals surface area contributed by atoms with Crippen LogP contribution in [0.15, 0.2) is 42.5 Å².